The summed E-state index contributed by atoms with van der Waals surface area (Å²) in [4.78, 5) is 5.25. The Hall–Kier alpha value is -0.460. The molecule has 0 heterocycles. The highest BCUT2D eigenvalue weighted by molar-refractivity contribution is 5.19. The highest BCUT2D eigenvalue weighted by Crippen LogP contribution is 2.69. The SMILES string of the molecule is C[C@]12CCC(O)CC1CC[C@@H]1[C@H]2CC[C@]2(C)C(/C=C/CNOCCN)CC[C@@]12O. The van der Waals surface area contributed by atoms with Gasteiger partial charge in [-0.2, -0.15) is 5.48 Å². The fraction of sp³-hybridized carbons (Fsp3) is 0.917. The molecule has 5 nitrogen and oxygen atoms in total. The van der Waals surface area contributed by atoms with E-state index in [2.05, 4.69) is 31.5 Å². The van der Waals surface area contributed by atoms with E-state index in [4.69, 9.17) is 10.6 Å². The highest BCUT2D eigenvalue weighted by atomic mass is 16.6. The Labute approximate surface area is 176 Å². The van der Waals surface area contributed by atoms with Gasteiger partial charge in [-0.05, 0) is 86.9 Å². The zero-order chi connectivity index (χ0) is 20.7. The molecule has 166 valence electrons. The third kappa shape index (κ3) is 3.51. The predicted molar refractivity (Wildman–Crippen MR) is 115 cm³/mol. The van der Waals surface area contributed by atoms with Crippen molar-refractivity contribution in [1.82, 2.24) is 5.48 Å². The smallest absolute Gasteiger partial charge is 0.0804 e. The third-order valence-corrected chi connectivity index (χ3v) is 9.79. The topological polar surface area (TPSA) is 87.7 Å². The van der Waals surface area contributed by atoms with E-state index in [1.807, 2.05) is 0 Å². The van der Waals surface area contributed by atoms with Crippen molar-refractivity contribution in [2.24, 2.45) is 40.2 Å². The fourth-order valence-corrected chi connectivity index (χ4v) is 8.02. The minimum Gasteiger partial charge on any atom is -0.393 e. The summed E-state index contributed by atoms with van der Waals surface area (Å²) in [6.07, 6.45) is 14.1. The maximum absolute atomic E-state index is 12.1. The number of nitrogens with one attached hydrogen (secondary N) is 1. The Morgan fingerprint density at radius 2 is 1.90 bits per heavy atom. The standard InChI is InChI=1S/C24H42N2O3/c1-22-10-8-19(27)16-18(22)5-6-21-20(22)9-11-23(2)17(7-12-24(21,23)28)4-3-14-26-29-15-13-25/h3-4,17-21,26-28H,5-16,25H2,1-2H3/b4-3+/t17?,18?,19?,20-,21-,22+,23-,24-/m1/s1. The molecule has 0 amide bonds. The summed E-state index contributed by atoms with van der Waals surface area (Å²) in [5, 5.41) is 22.3. The number of hydroxylamine groups is 1. The predicted octanol–water partition coefficient (Wildman–Crippen LogP) is 3.16. The lowest BCUT2D eigenvalue weighted by Gasteiger charge is -2.63. The molecule has 8 atom stereocenters. The zero-order valence-corrected chi connectivity index (χ0v) is 18.4. The van der Waals surface area contributed by atoms with Crippen LogP contribution < -0.4 is 11.2 Å². The molecule has 4 aliphatic rings. The average molecular weight is 407 g/mol. The van der Waals surface area contributed by atoms with Gasteiger partial charge in [0, 0.05) is 18.5 Å². The number of allylic oxidation sites excluding steroid dienone is 1. The number of fused-ring (bicyclic) bond motifs is 5. The van der Waals surface area contributed by atoms with Crippen molar-refractivity contribution in [1.29, 1.82) is 0 Å². The first-order valence-corrected chi connectivity index (χ1v) is 12.0. The van der Waals surface area contributed by atoms with Crippen LogP contribution >= 0.6 is 0 Å². The quantitative estimate of drug-likeness (QED) is 0.309. The third-order valence-electron chi connectivity index (χ3n) is 9.79. The molecule has 0 saturated heterocycles. The molecule has 4 rings (SSSR count). The minimum atomic E-state index is -0.543. The van der Waals surface area contributed by atoms with Crippen LogP contribution in [0.2, 0.25) is 0 Å². The molecular formula is C24H42N2O3. The van der Waals surface area contributed by atoms with Crippen LogP contribution in [0.15, 0.2) is 12.2 Å². The summed E-state index contributed by atoms with van der Waals surface area (Å²) in [5.41, 5.74) is 8.11. The lowest BCUT2D eigenvalue weighted by molar-refractivity contribution is -0.207. The molecule has 0 aliphatic heterocycles. The molecule has 0 spiro atoms. The molecule has 5 heteroatoms. The van der Waals surface area contributed by atoms with Gasteiger partial charge in [-0.25, -0.2) is 0 Å². The van der Waals surface area contributed by atoms with Gasteiger partial charge in [0.25, 0.3) is 0 Å². The maximum atomic E-state index is 12.1. The van der Waals surface area contributed by atoms with Crippen LogP contribution in [0.1, 0.15) is 71.6 Å². The minimum absolute atomic E-state index is 0.0276. The molecule has 0 aromatic rings. The molecule has 5 N–H and O–H groups in total. The number of aliphatic hydroxyl groups is 2. The van der Waals surface area contributed by atoms with Gasteiger partial charge in [0.05, 0.1) is 18.3 Å². The summed E-state index contributed by atoms with van der Waals surface area (Å²) in [6.45, 7) is 6.55. The molecular weight excluding hydrogens is 364 g/mol. The second-order valence-corrected chi connectivity index (χ2v) is 10.9. The van der Waals surface area contributed by atoms with E-state index in [0.29, 0.717) is 48.8 Å². The van der Waals surface area contributed by atoms with Crippen molar-refractivity contribution < 1.29 is 15.1 Å². The molecule has 29 heavy (non-hydrogen) atoms. The van der Waals surface area contributed by atoms with Gasteiger partial charge in [-0.15, -0.1) is 0 Å². The van der Waals surface area contributed by atoms with Crippen molar-refractivity contribution >= 4 is 0 Å². The molecule has 0 radical (unpaired) electrons. The van der Waals surface area contributed by atoms with Gasteiger partial charge in [-0.3, -0.25) is 0 Å². The Kier molecular flexibility index (Phi) is 6.18. The Morgan fingerprint density at radius 1 is 1.07 bits per heavy atom. The van der Waals surface area contributed by atoms with Crippen LogP contribution in [0.3, 0.4) is 0 Å². The van der Waals surface area contributed by atoms with E-state index in [1.165, 1.54) is 12.8 Å². The highest BCUT2D eigenvalue weighted by Gasteiger charge is 2.66. The van der Waals surface area contributed by atoms with Crippen molar-refractivity contribution in [3.63, 3.8) is 0 Å². The van der Waals surface area contributed by atoms with Crippen molar-refractivity contribution in [2.45, 2.75) is 83.3 Å². The van der Waals surface area contributed by atoms with Crippen LogP contribution in [0.5, 0.6) is 0 Å². The van der Waals surface area contributed by atoms with E-state index in [9.17, 15) is 10.2 Å². The van der Waals surface area contributed by atoms with Crippen molar-refractivity contribution in [3.05, 3.63) is 12.2 Å². The van der Waals surface area contributed by atoms with Crippen molar-refractivity contribution in [2.75, 3.05) is 19.7 Å². The molecule has 0 aromatic carbocycles. The summed E-state index contributed by atoms with van der Waals surface area (Å²) in [6, 6.07) is 0. The largest absolute Gasteiger partial charge is 0.393 e. The van der Waals surface area contributed by atoms with E-state index < -0.39 is 5.60 Å². The summed E-state index contributed by atoms with van der Waals surface area (Å²) in [7, 11) is 0. The van der Waals surface area contributed by atoms with E-state index in [0.717, 1.165) is 44.9 Å². The zero-order valence-electron chi connectivity index (χ0n) is 18.4. The number of rotatable bonds is 6. The second kappa shape index (κ2) is 8.23. The lowest BCUT2D eigenvalue weighted by Crippen LogP contribution is -2.62. The second-order valence-electron chi connectivity index (χ2n) is 10.9. The van der Waals surface area contributed by atoms with Gasteiger partial charge >= 0.3 is 0 Å². The number of nitrogens with two attached hydrogens (primary N) is 1. The number of hydrogen-bond donors (Lipinski definition) is 4. The Balaban J connectivity index is 1.47. The summed E-state index contributed by atoms with van der Waals surface area (Å²) < 4.78 is 0. The molecule has 4 fully saturated rings. The lowest BCUT2D eigenvalue weighted by atomic mass is 9.43. The average Bonchev–Trinajstić information content (AvgIpc) is 2.96. The number of hydrogen-bond acceptors (Lipinski definition) is 5. The molecule has 0 aromatic heterocycles. The van der Waals surface area contributed by atoms with Crippen LogP contribution in [0, 0.1) is 34.5 Å². The molecule has 4 saturated carbocycles. The van der Waals surface area contributed by atoms with Crippen LogP contribution in [-0.2, 0) is 4.84 Å². The molecule has 3 unspecified atom stereocenters. The molecule has 0 bridgehead atoms. The maximum Gasteiger partial charge on any atom is 0.0804 e. The van der Waals surface area contributed by atoms with Gasteiger partial charge in [0.2, 0.25) is 0 Å². The normalized spacial score (nSPS) is 49.6. The molecule has 4 aliphatic carbocycles. The van der Waals surface area contributed by atoms with Gasteiger partial charge in [0.1, 0.15) is 0 Å². The van der Waals surface area contributed by atoms with E-state index >= 15 is 0 Å². The van der Waals surface area contributed by atoms with Crippen LogP contribution in [0.25, 0.3) is 0 Å². The fourth-order valence-electron chi connectivity index (χ4n) is 8.02. The van der Waals surface area contributed by atoms with Crippen molar-refractivity contribution in [3.8, 4) is 0 Å². The monoisotopic (exact) mass is 406 g/mol. The van der Waals surface area contributed by atoms with Gasteiger partial charge in [0.15, 0.2) is 0 Å². The summed E-state index contributed by atoms with van der Waals surface area (Å²) in [5.74, 6) is 2.10. The van der Waals surface area contributed by atoms with Gasteiger partial charge < -0.3 is 20.8 Å². The first kappa shape index (κ1) is 21.8. The first-order valence-electron chi connectivity index (χ1n) is 12.0. The van der Waals surface area contributed by atoms with Crippen LogP contribution in [-0.4, -0.2) is 41.6 Å². The van der Waals surface area contributed by atoms with E-state index in [1.54, 1.807) is 0 Å². The summed E-state index contributed by atoms with van der Waals surface area (Å²) >= 11 is 0. The Morgan fingerprint density at radius 3 is 2.69 bits per heavy atom. The van der Waals surface area contributed by atoms with Crippen LogP contribution in [0.4, 0.5) is 0 Å². The van der Waals surface area contributed by atoms with E-state index in [-0.39, 0.29) is 11.5 Å². The Bertz CT molecular complexity index is 613. The first-order chi connectivity index (χ1) is 13.8. The van der Waals surface area contributed by atoms with Gasteiger partial charge in [-0.1, -0.05) is 26.0 Å². The number of aliphatic hydroxyl groups excluding tert-OH is 1.